The second-order valence-electron chi connectivity index (χ2n) is 4.45. The molecule has 2 N–H and O–H groups in total. The van der Waals surface area contributed by atoms with Crippen LogP contribution in [0.25, 0.3) is 0 Å². The molecule has 0 aliphatic rings. The number of nitrogens with zero attached hydrogens (tertiary/aromatic N) is 2. The van der Waals surface area contributed by atoms with Gasteiger partial charge in [-0.3, -0.25) is 0 Å². The summed E-state index contributed by atoms with van der Waals surface area (Å²) in [5, 5.41) is 0. The molecule has 4 nitrogen and oxygen atoms in total. The average molecular weight is 415 g/mol. The van der Waals surface area contributed by atoms with Gasteiger partial charge in [-0.1, -0.05) is 0 Å². The highest BCUT2D eigenvalue weighted by atomic mass is 79.9. The van der Waals surface area contributed by atoms with Crippen LogP contribution in [0.4, 0.5) is 11.5 Å². The molecule has 1 aromatic heterocycles. The average Bonchev–Trinajstić information content (AvgIpc) is 2.50. The van der Waals surface area contributed by atoms with Crippen molar-refractivity contribution in [2.45, 2.75) is 6.42 Å². The van der Waals surface area contributed by atoms with Crippen molar-refractivity contribution in [3.05, 3.63) is 45.5 Å². The zero-order chi connectivity index (χ0) is 15.2. The third kappa shape index (κ3) is 4.18. The Hall–Kier alpha value is -1.11. The fourth-order valence-corrected chi connectivity index (χ4v) is 3.18. The molecule has 0 saturated carbocycles. The lowest BCUT2D eigenvalue weighted by Crippen LogP contribution is -2.22. The molecule has 0 fully saturated rings. The lowest BCUT2D eigenvalue weighted by atomic mass is 10.2. The van der Waals surface area contributed by atoms with Crippen molar-refractivity contribution in [1.82, 2.24) is 4.98 Å². The molecule has 0 atom stereocenters. The molecule has 0 amide bonds. The lowest BCUT2D eigenvalue weighted by Gasteiger charge is -2.25. The van der Waals surface area contributed by atoms with Crippen molar-refractivity contribution in [3.8, 4) is 5.75 Å². The topological polar surface area (TPSA) is 51.4 Å². The van der Waals surface area contributed by atoms with Crippen molar-refractivity contribution in [2.75, 3.05) is 25.1 Å². The number of ether oxygens (including phenoxy) is 1. The van der Waals surface area contributed by atoms with Gasteiger partial charge in [-0.15, -0.1) is 0 Å². The molecule has 0 bridgehead atoms. The van der Waals surface area contributed by atoms with Gasteiger partial charge in [0.15, 0.2) is 0 Å². The third-order valence-electron chi connectivity index (χ3n) is 3.01. The Balaban J connectivity index is 2.36. The van der Waals surface area contributed by atoms with Crippen molar-refractivity contribution in [3.63, 3.8) is 0 Å². The Labute approximate surface area is 141 Å². The van der Waals surface area contributed by atoms with Gasteiger partial charge in [0.1, 0.15) is 11.6 Å². The van der Waals surface area contributed by atoms with Gasteiger partial charge < -0.3 is 15.4 Å². The number of nitrogens with two attached hydrogens (primary N) is 1. The molecule has 0 aliphatic heterocycles. The summed E-state index contributed by atoms with van der Waals surface area (Å²) in [6, 6.07) is 9.91. The zero-order valence-corrected chi connectivity index (χ0v) is 14.9. The van der Waals surface area contributed by atoms with E-state index >= 15 is 0 Å². The molecular formula is C15H17Br2N3O. The van der Waals surface area contributed by atoms with E-state index in [-0.39, 0.29) is 0 Å². The van der Waals surface area contributed by atoms with Crippen LogP contribution in [0.2, 0.25) is 0 Å². The molecule has 6 heteroatoms. The van der Waals surface area contributed by atoms with Crippen LogP contribution in [0.15, 0.2) is 45.5 Å². The number of halogens is 2. The second-order valence-corrected chi connectivity index (χ2v) is 6.22. The minimum absolute atomic E-state index is 0.640. The summed E-state index contributed by atoms with van der Waals surface area (Å²) in [5.74, 6) is 1.71. The minimum atomic E-state index is 0.640. The Bertz CT molecular complexity index is 590. The Morgan fingerprint density at radius 3 is 2.52 bits per heavy atom. The summed E-state index contributed by atoms with van der Waals surface area (Å²) in [6.45, 7) is 1.44. The largest absolute Gasteiger partial charge is 0.497 e. The van der Waals surface area contributed by atoms with Crippen LogP contribution < -0.4 is 15.4 Å². The summed E-state index contributed by atoms with van der Waals surface area (Å²) in [7, 11) is 1.66. The predicted molar refractivity (Wildman–Crippen MR) is 93.3 cm³/mol. The standard InChI is InChI=1S/C15H17Br2N3O/c1-21-13-5-3-12(4-6-13)20(8-2-7-18)15-14(17)9-11(16)10-19-15/h3-6,9-10H,2,7-8,18H2,1H3. The van der Waals surface area contributed by atoms with Crippen molar-refractivity contribution in [1.29, 1.82) is 0 Å². The zero-order valence-electron chi connectivity index (χ0n) is 11.7. The Morgan fingerprint density at radius 1 is 1.24 bits per heavy atom. The maximum absolute atomic E-state index is 5.65. The smallest absolute Gasteiger partial charge is 0.147 e. The number of rotatable bonds is 6. The van der Waals surface area contributed by atoms with E-state index in [2.05, 4.69) is 41.7 Å². The van der Waals surface area contributed by atoms with Gasteiger partial charge in [-0.25, -0.2) is 4.98 Å². The van der Waals surface area contributed by atoms with Crippen LogP contribution in [-0.2, 0) is 0 Å². The summed E-state index contributed by atoms with van der Waals surface area (Å²) < 4.78 is 7.08. The fraction of sp³-hybridized carbons (Fsp3) is 0.267. The molecule has 1 aromatic carbocycles. The van der Waals surface area contributed by atoms with Crippen molar-refractivity contribution in [2.24, 2.45) is 5.73 Å². The molecule has 0 spiro atoms. The van der Waals surface area contributed by atoms with Crippen LogP contribution in [-0.4, -0.2) is 25.2 Å². The fourth-order valence-electron chi connectivity index (χ4n) is 1.97. The van der Waals surface area contributed by atoms with Gasteiger partial charge in [-0.05, 0) is 75.2 Å². The van der Waals surface area contributed by atoms with Crippen LogP contribution in [0.5, 0.6) is 5.75 Å². The van der Waals surface area contributed by atoms with E-state index in [1.807, 2.05) is 30.3 Å². The first-order valence-corrected chi connectivity index (χ1v) is 8.17. The van der Waals surface area contributed by atoms with E-state index in [9.17, 15) is 0 Å². The van der Waals surface area contributed by atoms with Crippen LogP contribution in [0.1, 0.15) is 6.42 Å². The van der Waals surface area contributed by atoms with Gasteiger partial charge in [0.25, 0.3) is 0 Å². The Kier molecular flexibility index (Phi) is 6.02. The third-order valence-corrected chi connectivity index (χ3v) is 4.03. The molecular weight excluding hydrogens is 398 g/mol. The van der Waals surface area contributed by atoms with E-state index in [1.54, 1.807) is 13.3 Å². The molecule has 1 heterocycles. The molecule has 0 unspecified atom stereocenters. The monoisotopic (exact) mass is 413 g/mol. The van der Waals surface area contributed by atoms with Gasteiger partial charge in [0.2, 0.25) is 0 Å². The SMILES string of the molecule is COc1ccc(N(CCCN)c2ncc(Br)cc2Br)cc1. The molecule has 2 rings (SSSR count). The molecule has 0 radical (unpaired) electrons. The van der Waals surface area contributed by atoms with Crippen molar-refractivity contribution >= 4 is 43.4 Å². The van der Waals surface area contributed by atoms with E-state index in [0.29, 0.717) is 6.54 Å². The number of benzene rings is 1. The highest BCUT2D eigenvalue weighted by Gasteiger charge is 2.14. The van der Waals surface area contributed by atoms with Crippen molar-refractivity contribution < 1.29 is 4.74 Å². The number of methoxy groups -OCH3 is 1. The molecule has 21 heavy (non-hydrogen) atoms. The molecule has 0 saturated heterocycles. The van der Waals surface area contributed by atoms with E-state index in [1.165, 1.54) is 0 Å². The molecule has 0 aliphatic carbocycles. The van der Waals surface area contributed by atoms with Gasteiger partial charge in [0, 0.05) is 22.9 Å². The Morgan fingerprint density at radius 2 is 1.95 bits per heavy atom. The number of pyridine rings is 1. The van der Waals surface area contributed by atoms with E-state index < -0.39 is 0 Å². The quantitative estimate of drug-likeness (QED) is 0.772. The summed E-state index contributed by atoms with van der Waals surface area (Å²) in [4.78, 5) is 6.65. The summed E-state index contributed by atoms with van der Waals surface area (Å²) >= 11 is 7.00. The highest BCUT2D eigenvalue weighted by Crippen LogP contribution is 2.32. The predicted octanol–water partition coefficient (Wildman–Crippen LogP) is 4.10. The van der Waals surface area contributed by atoms with Crippen LogP contribution in [0.3, 0.4) is 0 Å². The first kappa shape index (κ1) is 16.3. The van der Waals surface area contributed by atoms with Gasteiger partial charge >= 0.3 is 0 Å². The highest BCUT2D eigenvalue weighted by molar-refractivity contribution is 9.11. The first-order valence-electron chi connectivity index (χ1n) is 6.58. The van der Waals surface area contributed by atoms with E-state index in [0.717, 1.165) is 39.2 Å². The normalized spacial score (nSPS) is 10.5. The molecule has 2 aromatic rings. The summed E-state index contributed by atoms with van der Waals surface area (Å²) in [6.07, 6.45) is 2.68. The van der Waals surface area contributed by atoms with E-state index in [4.69, 9.17) is 10.5 Å². The minimum Gasteiger partial charge on any atom is -0.497 e. The number of hydrogen-bond acceptors (Lipinski definition) is 4. The number of hydrogen-bond donors (Lipinski definition) is 1. The van der Waals surface area contributed by atoms with Gasteiger partial charge in [0.05, 0.1) is 11.6 Å². The lowest BCUT2D eigenvalue weighted by molar-refractivity contribution is 0.415. The maximum atomic E-state index is 5.65. The number of aromatic nitrogens is 1. The van der Waals surface area contributed by atoms with Gasteiger partial charge in [-0.2, -0.15) is 0 Å². The maximum Gasteiger partial charge on any atom is 0.147 e. The molecule has 112 valence electrons. The van der Waals surface area contributed by atoms with Crippen LogP contribution >= 0.6 is 31.9 Å². The number of anilines is 2. The second kappa shape index (κ2) is 7.77. The summed E-state index contributed by atoms with van der Waals surface area (Å²) in [5.41, 5.74) is 6.71. The van der Waals surface area contributed by atoms with Crippen LogP contribution in [0, 0.1) is 0 Å². The first-order chi connectivity index (χ1) is 10.2.